The van der Waals surface area contributed by atoms with Gasteiger partial charge in [-0.2, -0.15) is 0 Å². The Morgan fingerprint density at radius 1 is 0.278 bits per heavy atom. The Balaban J connectivity index is 1.11. The highest BCUT2D eigenvalue weighted by molar-refractivity contribution is 7.26. The van der Waals surface area contributed by atoms with E-state index in [-0.39, 0.29) is 0 Å². The molecule has 1 nitrogen and oxygen atoms in total. The lowest BCUT2D eigenvalue weighted by molar-refractivity contribution is 1.28. The second-order valence-electron chi connectivity index (χ2n) is 13.7. The fraction of sp³-hybridized carbons (Fsp3) is 0. The first kappa shape index (κ1) is 32.0. The third-order valence-corrected chi connectivity index (χ3v) is 11.6. The van der Waals surface area contributed by atoms with Crippen LogP contribution in [0.2, 0.25) is 0 Å². The van der Waals surface area contributed by atoms with E-state index >= 15 is 0 Å². The third kappa shape index (κ3) is 5.74. The van der Waals surface area contributed by atoms with E-state index in [2.05, 4.69) is 217 Å². The zero-order chi connectivity index (χ0) is 35.8. The zero-order valence-electron chi connectivity index (χ0n) is 29.6. The molecular formula is C52H35NS. The Morgan fingerprint density at radius 2 is 0.796 bits per heavy atom. The van der Waals surface area contributed by atoms with Crippen LogP contribution >= 0.6 is 11.3 Å². The molecule has 0 aliphatic heterocycles. The van der Waals surface area contributed by atoms with Crippen LogP contribution in [0.5, 0.6) is 0 Å². The number of rotatable bonds is 7. The molecule has 1 aromatic heterocycles. The summed E-state index contributed by atoms with van der Waals surface area (Å²) in [5.41, 5.74) is 13.0. The Labute approximate surface area is 319 Å². The number of benzene rings is 9. The van der Waals surface area contributed by atoms with E-state index in [1.54, 1.807) is 0 Å². The summed E-state index contributed by atoms with van der Waals surface area (Å²) in [5, 5.41) is 5.26. The van der Waals surface area contributed by atoms with Crippen LogP contribution in [0.25, 0.3) is 75.5 Å². The van der Waals surface area contributed by atoms with Crippen LogP contribution < -0.4 is 4.90 Å². The van der Waals surface area contributed by atoms with E-state index in [0.29, 0.717) is 0 Å². The van der Waals surface area contributed by atoms with Crippen molar-refractivity contribution >= 4 is 59.3 Å². The van der Waals surface area contributed by atoms with Gasteiger partial charge in [0.25, 0.3) is 0 Å². The average Bonchev–Trinajstić information content (AvgIpc) is 3.64. The molecule has 0 radical (unpaired) electrons. The van der Waals surface area contributed by atoms with E-state index in [1.807, 2.05) is 11.3 Å². The monoisotopic (exact) mass is 705 g/mol. The van der Waals surface area contributed by atoms with Crippen LogP contribution in [-0.2, 0) is 0 Å². The second kappa shape index (κ2) is 13.7. The van der Waals surface area contributed by atoms with Gasteiger partial charge in [-0.25, -0.2) is 0 Å². The first-order valence-corrected chi connectivity index (χ1v) is 19.2. The van der Waals surface area contributed by atoms with Crippen molar-refractivity contribution in [2.24, 2.45) is 0 Å². The minimum absolute atomic E-state index is 1.10. The van der Waals surface area contributed by atoms with Crippen molar-refractivity contribution in [3.63, 3.8) is 0 Å². The minimum Gasteiger partial charge on any atom is -0.310 e. The molecule has 0 atom stereocenters. The maximum absolute atomic E-state index is 2.38. The lowest BCUT2D eigenvalue weighted by atomic mass is 9.93. The minimum atomic E-state index is 1.10. The molecule has 254 valence electrons. The van der Waals surface area contributed by atoms with Crippen LogP contribution in [0.15, 0.2) is 212 Å². The summed E-state index contributed by atoms with van der Waals surface area (Å²) in [6.07, 6.45) is 0. The molecule has 0 fully saturated rings. The Morgan fingerprint density at radius 3 is 1.48 bits per heavy atom. The summed E-state index contributed by atoms with van der Waals surface area (Å²) in [6.45, 7) is 0. The Hall–Kier alpha value is -6.74. The van der Waals surface area contributed by atoms with Crippen molar-refractivity contribution in [1.29, 1.82) is 0 Å². The fourth-order valence-electron chi connectivity index (χ4n) is 7.90. The van der Waals surface area contributed by atoms with Gasteiger partial charge < -0.3 is 4.90 Å². The van der Waals surface area contributed by atoms with Gasteiger partial charge in [-0.05, 0) is 104 Å². The summed E-state index contributed by atoms with van der Waals surface area (Å²) in [5.74, 6) is 0. The van der Waals surface area contributed by atoms with Crippen molar-refractivity contribution in [2.75, 3.05) is 4.90 Å². The maximum atomic E-state index is 2.38. The summed E-state index contributed by atoms with van der Waals surface area (Å²) in [7, 11) is 0. The number of hydrogen-bond acceptors (Lipinski definition) is 2. The Kier molecular flexibility index (Phi) is 8.09. The van der Waals surface area contributed by atoms with Gasteiger partial charge in [-0.1, -0.05) is 164 Å². The van der Waals surface area contributed by atoms with E-state index in [4.69, 9.17) is 0 Å². The highest BCUT2D eigenvalue weighted by atomic mass is 32.1. The van der Waals surface area contributed by atoms with Crippen LogP contribution in [0.3, 0.4) is 0 Å². The molecule has 0 amide bonds. The molecular weight excluding hydrogens is 671 g/mol. The van der Waals surface area contributed by atoms with Gasteiger partial charge in [-0.3, -0.25) is 0 Å². The maximum Gasteiger partial charge on any atom is 0.0468 e. The second-order valence-corrected chi connectivity index (χ2v) is 14.8. The third-order valence-electron chi connectivity index (χ3n) is 10.5. The number of thiophene rings is 1. The lowest BCUT2D eigenvalue weighted by Gasteiger charge is -2.27. The van der Waals surface area contributed by atoms with Gasteiger partial charge in [0.05, 0.1) is 0 Å². The van der Waals surface area contributed by atoms with E-state index < -0.39 is 0 Å². The Bertz CT molecular complexity index is 2890. The number of anilines is 3. The summed E-state index contributed by atoms with van der Waals surface area (Å²) >= 11 is 1.87. The first-order chi connectivity index (χ1) is 26.8. The van der Waals surface area contributed by atoms with E-state index in [9.17, 15) is 0 Å². The molecule has 9 aromatic carbocycles. The number of hydrogen-bond donors (Lipinski definition) is 0. The highest BCUT2D eigenvalue weighted by Gasteiger charge is 2.18. The van der Waals surface area contributed by atoms with E-state index in [1.165, 1.54) is 75.5 Å². The molecule has 0 aliphatic carbocycles. The molecule has 0 spiro atoms. The van der Waals surface area contributed by atoms with Gasteiger partial charge in [0.15, 0.2) is 0 Å². The molecule has 10 rings (SSSR count). The topological polar surface area (TPSA) is 3.24 Å². The molecule has 54 heavy (non-hydrogen) atoms. The molecule has 0 N–H and O–H groups in total. The molecule has 0 saturated heterocycles. The quantitative estimate of drug-likeness (QED) is 0.160. The van der Waals surface area contributed by atoms with Gasteiger partial charge in [0.1, 0.15) is 0 Å². The van der Waals surface area contributed by atoms with E-state index in [0.717, 1.165) is 17.1 Å². The summed E-state index contributed by atoms with van der Waals surface area (Å²) < 4.78 is 2.66. The smallest absolute Gasteiger partial charge is 0.0468 e. The molecule has 1 heterocycles. The van der Waals surface area contributed by atoms with Crippen molar-refractivity contribution in [3.8, 4) is 44.5 Å². The molecule has 0 bridgehead atoms. The van der Waals surface area contributed by atoms with Crippen LogP contribution in [0.1, 0.15) is 0 Å². The molecule has 0 saturated carbocycles. The predicted octanol–water partition coefficient (Wildman–Crippen LogP) is 15.3. The lowest BCUT2D eigenvalue weighted by Crippen LogP contribution is -2.10. The predicted molar refractivity (Wildman–Crippen MR) is 233 cm³/mol. The number of nitrogens with zero attached hydrogens (tertiary/aromatic N) is 1. The number of fused-ring (bicyclic) bond motifs is 5. The average molecular weight is 706 g/mol. The van der Waals surface area contributed by atoms with Gasteiger partial charge in [0.2, 0.25) is 0 Å². The molecule has 2 heteroatoms. The molecule has 0 unspecified atom stereocenters. The van der Waals surface area contributed by atoms with Crippen LogP contribution in [0.4, 0.5) is 17.1 Å². The fourth-order valence-corrected chi connectivity index (χ4v) is 9.02. The largest absolute Gasteiger partial charge is 0.310 e. The van der Waals surface area contributed by atoms with Crippen LogP contribution in [-0.4, -0.2) is 0 Å². The summed E-state index contributed by atoms with van der Waals surface area (Å²) in [4.78, 5) is 2.38. The summed E-state index contributed by atoms with van der Waals surface area (Å²) in [6, 6.07) is 77.0. The van der Waals surface area contributed by atoms with Crippen molar-refractivity contribution in [3.05, 3.63) is 212 Å². The van der Waals surface area contributed by atoms with Crippen LogP contribution in [0, 0.1) is 0 Å². The zero-order valence-corrected chi connectivity index (χ0v) is 30.4. The first-order valence-electron chi connectivity index (χ1n) is 18.4. The normalized spacial score (nSPS) is 11.3. The van der Waals surface area contributed by atoms with Gasteiger partial charge in [0, 0.05) is 37.2 Å². The van der Waals surface area contributed by atoms with Crippen molar-refractivity contribution in [1.82, 2.24) is 0 Å². The van der Waals surface area contributed by atoms with Gasteiger partial charge >= 0.3 is 0 Å². The van der Waals surface area contributed by atoms with Crippen molar-refractivity contribution < 1.29 is 0 Å². The highest BCUT2D eigenvalue weighted by Crippen LogP contribution is 2.44. The molecule has 0 aliphatic rings. The standard InChI is InChI=1S/C52H35NS/c1-4-13-36(14-5-1)37-23-27-41(28-24-37)53(43-31-32-45(38-15-6-2-7-16-38)49(35-43)39-17-8-3-9-18-39)42-29-25-40(26-30-42)44-20-12-21-47-46(44)33-34-51-52(47)48-19-10-11-22-50(48)54-51/h1-35H. The van der Waals surface area contributed by atoms with Gasteiger partial charge in [-0.15, -0.1) is 11.3 Å². The SMILES string of the molecule is c1ccc(-c2ccc(N(c3ccc(-c4cccc5c4ccc4sc6ccccc6c45)cc3)c3ccc(-c4ccccc4)c(-c4ccccc4)c3)cc2)cc1. The van der Waals surface area contributed by atoms with Crippen molar-refractivity contribution in [2.45, 2.75) is 0 Å². The molecule has 10 aromatic rings.